The van der Waals surface area contributed by atoms with Crippen molar-refractivity contribution in [3.05, 3.63) is 73.6 Å². The molecular weight excluding hydrogens is 482 g/mol. The predicted octanol–water partition coefficient (Wildman–Crippen LogP) is 4.03. The number of aromatic nitrogens is 4. The van der Waals surface area contributed by atoms with Crippen LogP contribution in [0, 0.1) is 17.2 Å². The fraction of sp³-hybridized carbons (Fsp3) is 0.214. The first-order valence-electron chi connectivity index (χ1n) is 12.0. The highest BCUT2D eigenvalue weighted by atomic mass is 16.5. The van der Waals surface area contributed by atoms with Crippen LogP contribution in [0.5, 0.6) is 0 Å². The number of pyridine rings is 3. The first-order chi connectivity index (χ1) is 18.3. The molecule has 0 radical (unpaired) electrons. The van der Waals surface area contributed by atoms with Gasteiger partial charge in [0.25, 0.3) is 0 Å². The van der Waals surface area contributed by atoms with Crippen molar-refractivity contribution in [2.75, 3.05) is 5.32 Å². The molecule has 10 nitrogen and oxygen atoms in total. The van der Waals surface area contributed by atoms with Crippen LogP contribution < -0.4 is 11.1 Å². The number of nitrogens with two attached hydrogens (primary N) is 1. The van der Waals surface area contributed by atoms with E-state index in [1.54, 1.807) is 41.4 Å². The highest BCUT2D eigenvalue weighted by Crippen LogP contribution is 2.33. The molecule has 1 atom stereocenters. The van der Waals surface area contributed by atoms with Crippen molar-refractivity contribution < 1.29 is 14.3 Å². The van der Waals surface area contributed by atoms with Crippen molar-refractivity contribution in [1.29, 1.82) is 5.26 Å². The lowest BCUT2D eigenvalue weighted by molar-refractivity contribution is -0.149. The third-order valence-corrected chi connectivity index (χ3v) is 5.80. The summed E-state index contributed by atoms with van der Waals surface area (Å²) in [5.41, 5.74) is 10.4. The number of nitrogens with zero attached hydrogens (tertiary/aromatic N) is 5. The third-order valence-electron chi connectivity index (χ3n) is 5.80. The van der Waals surface area contributed by atoms with E-state index in [4.69, 9.17) is 10.5 Å². The molecule has 0 spiro atoms. The van der Waals surface area contributed by atoms with Crippen LogP contribution in [0.3, 0.4) is 0 Å². The van der Waals surface area contributed by atoms with Crippen LogP contribution >= 0.6 is 0 Å². The molecule has 0 aromatic carbocycles. The summed E-state index contributed by atoms with van der Waals surface area (Å²) in [6.45, 7) is 7.37. The number of rotatable bonds is 9. The van der Waals surface area contributed by atoms with E-state index in [2.05, 4.69) is 32.9 Å². The molecule has 1 unspecified atom stereocenters. The number of fused-ring (bicyclic) bond motifs is 1. The van der Waals surface area contributed by atoms with Gasteiger partial charge in [0.2, 0.25) is 5.91 Å². The summed E-state index contributed by atoms with van der Waals surface area (Å²) in [6.07, 6.45) is 9.97. The van der Waals surface area contributed by atoms with Gasteiger partial charge in [-0.2, -0.15) is 5.26 Å². The van der Waals surface area contributed by atoms with Crippen LogP contribution in [-0.4, -0.2) is 37.4 Å². The van der Waals surface area contributed by atoms with E-state index in [0.29, 0.717) is 17.8 Å². The summed E-state index contributed by atoms with van der Waals surface area (Å²) >= 11 is 0. The van der Waals surface area contributed by atoms with E-state index >= 15 is 0 Å². The molecule has 0 aliphatic carbocycles. The zero-order valence-corrected chi connectivity index (χ0v) is 21.1. The molecular formula is C28H27N7O3. The Balaban J connectivity index is 1.75. The van der Waals surface area contributed by atoms with Gasteiger partial charge in [-0.1, -0.05) is 20.4 Å². The summed E-state index contributed by atoms with van der Waals surface area (Å²) < 4.78 is 7.23. The van der Waals surface area contributed by atoms with Gasteiger partial charge < -0.3 is 15.8 Å². The zero-order chi connectivity index (χ0) is 27.2. The molecule has 0 aliphatic rings. The fourth-order valence-electron chi connectivity index (χ4n) is 4.02. The molecule has 0 aliphatic heterocycles. The van der Waals surface area contributed by atoms with Crippen LogP contribution in [0.4, 0.5) is 5.69 Å². The van der Waals surface area contributed by atoms with E-state index in [0.717, 1.165) is 27.6 Å². The molecule has 4 heterocycles. The minimum atomic E-state index is -0.712. The van der Waals surface area contributed by atoms with Crippen LogP contribution in [0.15, 0.2) is 67.9 Å². The van der Waals surface area contributed by atoms with Gasteiger partial charge in [-0.05, 0) is 48.2 Å². The number of ether oxygens (including phenoxy) is 1. The van der Waals surface area contributed by atoms with Crippen molar-refractivity contribution in [2.24, 2.45) is 11.7 Å². The Morgan fingerprint density at radius 3 is 2.71 bits per heavy atom. The lowest BCUT2D eigenvalue weighted by Gasteiger charge is -2.14. The lowest BCUT2D eigenvalue weighted by Crippen LogP contribution is -2.33. The van der Waals surface area contributed by atoms with Gasteiger partial charge in [-0.25, -0.2) is 9.97 Å². The molecule has 0 fully saturated rings. The van der Waals surface area contributed by atoms with Gasteiger partial charge in [-0.3, -0.25) is 19.1 Å². The Hall–Kier alpha value is -4.88. The van der Waals surface area contributed by atoms with Gasteiger partial charge in [0.15, 0.2) is 6.73 Å². The lowest BCUT2D eigenvalue weighted by atomic mass is 10.0. The van der Waals surface area contributed by atoms with E-state index in [1.807, 2.05) is 26.1 Å². The topological polar surface area (TPSA) is 149 Å². The van der Waals surface area contributed by atoms with Gasteiger partial charge in [-0.15, -0.1) is 0 Å². The molecule has 4 aromatic heterocycles. The summed E-state index contributed by atoms with van der Waals surface area (Å²) in [5.74, 6) is -0.569. The fourth-order valence-corrected chi connectivity index (χ4v) is 4.02. The Kier molecular flexibility index (Phi) is 7.89. The Morgan fingerprint density at radius 1 is 1.18 bits per heavy atom. The van der Waals surface area contributed by atoms with E-state index in [1.165, 1.54) is 12.3 Å². The van der Waals surface area contributed by atoms with E-state index in [9.17, 15) is 14.9 Å². The van der Waals surface area contributed by atoms with Gasteiger partial charge in [0.1, 0.15) is 23.5 Å². The first-order valence-corrected chi connectivity index (χ1v) is 12.0. The summed E-state index contributed by atoms with van der Waals surface area (Å²) in [5, 5.41) is 12.8. The Labute approximate surface area is 219 Å². The minimum Gasteiger partial charge on any atom is -0.443 e. The van der Waals surface area contributed by atoms with Crippen molar-refractivity contribution in [2.45, 2.75) is 33.0 Å². The summed E-state index contributed by atoms with van der Waals surface area (Å²) in [6, 6.07) is 8.54. The minimum absolute atomic E-state index is 0.0751. The second-order valence-electron chi connectivity index (χ2n) is 9.13. The number of nitrogens with one attached hydrogen (secondary N) is 1. The number of carbonyl (C=O) groups excluding carboxylic acids is 2. The molecule has 1 amide bonds. The number of hydrogen-bond acceptors (Lipinski definition) is 8. The molecule has 4 rings (SSSR count). The maximum absolute atomic E-state index is 12.4. The first kappa shape index (κ1) is 26.2. The second kappa shape index (κ2) is 11.5. The number of hydrogen-bond donors (Lipinski definition) is 2. The largest absolute Gasteiger partial charge is 0.443 e. The highest BCUT2D eigenvalue weighted by molar-refractivity contribution is 5.99. The molecule has 10 heteroatoms. The number of carbonyl (C=O) groups is 2. The number of nitriles is 1. The van der Waals surface area contributed by atoms with Gasteiger partial charge >= 0.3 is 5.97 Å². The molecule has 0 saturated heterocycles. The standard InChI is InChI=1S/C28H27N7O3/c1-4-26(36)34-22-9-19(12-31-14-22)20-10-23-24(18-5-6-32-21(8-18)11-29)15-35(27(23)33-13-20)16-38-28(37)25(30)7-17(2)3/h4-6,8-10,12-15,17,25H,1,7,16,30H2,2-3H3,(H,34,36). The Morgan fingerprint density at radius 2 is 1.97 bits per heavy atom. The van der Waals surface area contributed by atoms with Crippen molar-refractivity contribution >= 4 is 28.6 Å². The molecule has 4 aromatic rings. The number of anilines is 1. The van der Waals surface area contributed by atoms with E-state index < -0.39 is 12.0 Å². The maximum Gasteiger partial charge on any atom is 0.324 e. The molecule has 0 bridgehead atoms. The van der Waals surface area contributed by atoms with Gasteiger partial charge in [0, 0.05) is 46.9 Å². The summed E-state index contributed by atoms with van der Waals surface area (Å²) in [4.78, 5) is 37.1. The van der Waals surface area contributed by atoms with Crippen molar-refractivity contribution in [1.82, 2.24) is 19.5 Å². The predicted molar refractivity (Wildman–Crippen MR) is 143 cm³/mol. The third kappa shape index (κ3) is 5.91. The smallest absolute Gasteiger partial charge is 0.324 e. The van der Waals surface area contributed by atoms with Crippen LogP contribution in [0.25, 0.3) is 33.3 Å². The average molecular weight is 510 g/mol. The second-order valence-corrected chi connectivity index (χ2v) is 9.13. The quantitative estimate of drug-likeness (QED) is 0.254. The highest BCUT2D eigenvalue weighted by Gasteiger charge is 2.19. The molecule has 0 saturated carbocycles. The monoisotopic (exact) mass is 509 g/mol. The average Bonchev–Trinajstić information content (AvgIpc) is 3.29. The SMILES string of the molecule is C=CC(=O)Nc1cncc(-c2cnc3c(c2)c(-c2ccnc(C#N)c2)cn3COC(=O)C(N)CC(C)C)c1. The Bertz CT molecular complexity index is 1550. The van der Waals surface area contributed by atoms with E-state index in [-0.39, 0.29) is 24.2 Å². The number of amides is 1. The van der Waals surface area contributed by atoms with Gasteiger partial charge in [0.05, 0.1) is 11.9 Å². The number of esters is 1. The van der Waals surface area contributed by atoms with Crippen molar-refractivity contribution in [3.63, 3.8) is 0 Å². The normalized spacial score (nSPS) is 11.7. The molecule has 3 N–H and O–H groups in total. The molecule has 192 valence electrons. The van der Waals surface area contributed by atoms with Crippen LogP contribution in [0.2, 0.25) is 0 Å². The van der Waals surface area contributed by atoms with Crippen molar-refractivity contribution in [3.8, 4) is 28.3 Å². The zero-order valence-electron chi connectivity index (χ0n) is 21.1. The maximum atomic E-state index is 12.4. The summed E-state index contributed by atoms with van der Waals surface area (Å²) in [7, 11) is 0. The van der Waals surface area contributed by atoms with Crippen LogP contribution in [0.1, 0.15) is 26.0 Å². The molecule has 38 heavy (non-hydrogen) atoms. The van der Waals surface area contributed by atoms with Crippen LogP contribution in [-0.2, 0) is 21.1 Å².